The zero-order chi connectivity index (χ0) is 38.3. The minimum absolute atomic E-state index is 0. The number of carbonyl (C=O) groups excluding carboxylic acids is 1. The second-order valence-electron chi connectivity index (χ2n) is 9.50. The number of rotatable bonds is 8. The van der Waals surface area contributed by atoms with E-state index >= 15 is 0 Å². The first kappa shape index (κ1) is 23.8. The van der Waals surface area contributed by atoms with Gasteiger partial charge in [-0.2, -0.15) is 0 Å². The van der Waals surface area contributed by atoms with Crippen LogP contribution in [0.2, 0.25) is 0 Å². The van der Waals surface area contributed by atoms with Crippen LogP contribution in [0.15, 0.2) is 72.5 Å². The minimum Gasteiger partial charge on any atom is 0 e. The molecule has 5 aromatic rings. The first-order valence-corrected chi connectivity index (χ1v) is 15.8. The first-order chi connectivity index (χ1) is 23.8. The molecule has 0 fully saturated rings. The molecule has 0 atom stereocenters. The normalized spacial score (nSPS) is 15.0. The van der Waals surface area contributed by atoms with Gasteiger partial charge in [0.15, 0.2) is 5.78 Å². The van der Waals surface area contributed by atoms with Gasteiger partial charge >= 0.3 is 174 Å². The molecule has 9 heteroatoms. The van der Waals surface area contributed by atoms with Gasteiger partial charge in [0, 0.05) is 38.0 Å². The van der Waals surface area contributed by atoms with Gasteiger partial charge in [-0.3, -0.25) is 4.79 Å². The number of nitrogens with zero attached hydrogens (tertiary/aromatic N) is 2. The second kappa shape index (κ2) is 15.4. The van der Waals surface area contributed by atoms with Crippen molar-refractivity contribution in [1.82, 2.24) is 9.97 Å². The van der Waals surface area contributed by atoms with E-state index in [0.717, 1.165) is 31.7 Å². The summed E-state index contributed by atoms with van der Waals surface area (Å²) in [5.74, 6) is 0.547. The van der Waals surface area contributed by atoms with Crippen molar-refractivity contribution >= 4 is 56.7 Å². The fourth-order valence-corrected chi connectivity index (χ4v) is 7.23. The molecule has 0 bridgehead atoms. The summed E-state index contributed by atoms with van der Waals surface area (Å²) in [6, 6.07) is -0.653. The summed E-state index contributed by atoms with van der Waals surface area (Å²) < 4.78 is 116. The molecule has 0 saturated heterocycles. The summed E-state index contributed by atoms with van der Waals surface area (Å²) in [7, 11) is 0. The molecule has 1 radical (unpaired) electrons. The number of halogens is 3. The number of alkyl halides is 3. The van der Waals surface area contributed by atoms with E-state index in [1.165, 1.54) is 6.08 Å². The molecule has 0 aliphatic carbocycles. The van der Waals surface area contributed by atoms with Crippen molar-refractivity contribution in [3.8, 4) is 9.27 Å². The fourth-order valence-electron chi connectivity index (χ4n) is 4.62. The maximum atomic E-state index is 14.4. The van der Waals surface area contributed by atoms with E-state index in [9.17, 15) is 23.1 Å². The van der Waals surface area contributed by atoms with Gasteiger partial charge in [0.05, 0.1) is 5.76 Å². The minimum atomic E-state index is -5.09. The molecular formula is C34H34F3IrN2O2Te-. The summed E-state index contributed by atoms with van der Waals surface area (Å²) in [6.07, 6.45) is -0.950. The molecule has 2 aromatic heterocycles. The largest absolute Gasteiger partial charge is 0 e. The quantitative estimate of drug-likeness (QED) is 0.0555. The molecule has 2 heterocycles. The number of aromatic nitrogens is 2. The van der Waals surface area contributed by atoms with Crippen LogP contribution in [0.3, 0.4) is 0 Å². The molecule has 5 rings (SSSR count). The van der Waals surface area contributed by atoms with E-state index in [0.29, 0.717) is 3.40 Å². The Morgan fingerprint density at radius 1 is 0.977 bits per heavy atom. The van der Waals surface area contributed by atoms with Crippen LogP contribution >= 0.6 is 0 Å². The van der Waals surface area contributed by atoms with E-state index < -0.39 is 91.0 Å². The summed E-state index contributed by atoms with van der Waals surface area (Å²) >= 11 is -1.62. The van der Waals surface area contributed by atoms with Gasteiger partial charge in [0.25, 0.3) is 0 Å². The average Bonchev–Trinajstić information content (AvgIpc) is 3.53. The van der Waals surface area contributed by atoms with E-state index in [4.69, 9.17) is 12.3 Å². The number of hydrogen-bond donors (Lipinski definition) is 1. The smallest absolute Gasteiger partial charge is 0 e. The third-order valence-corrected chi connectivity index (χ3v) is 9.88. The second-order valence-corrected chi connectivity index (χ2v) is 12.4. The molecule has 0 saturated carbocycles. The summed E-state index contributed by atoms with van der Waals surface area (Å²) in [5, 5.41) is 8.47. The number of aliphatic hydroxyl groups excluding tert-OH is 1. The molecule has 0 unspecified atom stereocenters. The van der Waals surface area contributed by atoms with E-state index in [1.54, 1.807) is 0 Å². The zero-order valence-electron chi connectivity index (χ0n) is 32.8. The van der Waals surface area contributed by atoms with Crippen LogP contribution in [-0.2, 0) is 31.1 Å². The molecule has 43 heavy (non-hydrogen) atoms. The monoisotopic (exact) mass is 891 g/mol. The maximum Gasteiger partial charge on any atom is 0 e. The fraction of sp³-hybridized carbons (Fsp3) is 0.324. The SMILES string of the molecule is CCC(CC)C(=O)/C=C(\O)C(CC)CC.[2H]c1nc(-c2[c-]c3c([2H])c([2H])c([2H])c([2H])c3[te]2)c2cc3c([2H])c([2H])c([2H])c([2H])c3c(C(F)(F)F)c2n1.[Ir]. The first-order valence-electron chi connectivity index (χ1n) is 18.0. The van der Waals surface area contributed by atoms with Gasteiger partial charge < -0.3 is 5.11 Å². The van der Waals surface area contributed by atoms with Crippen LogP contribution in [0.25, 0.3) is 39.7 Å². The van der Waals surface area contributed by atoms with Crippen LogP contribution in [-0.4, -0.2) is 41.3 Å². The van der Waals surface area contributed by atoms with Crippen molar-refractivity contribution in [2.45, 2.75) is 59.6 Å². The van der Waals surface area contributed by atoms with E-state index in [1.807, 2.05) is 27.7 Å². The van der Waals surface area contributed by atoms with Crippen LogP contribution in [0.5, 0.6) is 0 Å². The number of hydrogen-bond acceptors (Lipinski definition) is 4. The van der Waals surface area contributed by atoms with Crippen LogP contribution in [0.4, 0.5) is 13.2 Å². The van der Waals surface area contributed by atoms with Gasteiger partial charge in [-0.1, -0.05) is 27.7 Å². The van der Waals surface area contributed by atoms with E-state index in [-0.39, 0.29) is 75.6 Å². The van der Waals surface area contributed by atoms with Gasteiger partial charge in [0.1, 0.15) is 0 Å². The molecule has 0 aliphatic rings. The van der Waals surface area contributed by atoms with Crippen molar-refractivity contribution in [2.75, 3.05) is 0 Å². The Balaban J connectivity index is 0.000000389. The Morgan fingerprint density at radius 2 is 1.60 bits per heavy atom. The molecule has 0 spiro atoms. The third-order valence-electron chi connectivity index (χ3n) is 7.00. The topological polar surface area (TPSA) is 63.1 Å². The predicted molar refractivity (Wildman–Crippen MR) is 165 cm³/mol. The maximum absolute atomic E-state index is 14.4. The van der Waals surface area contributed by atoms with Crippen molar-refractivity contribution in [3.63, 3.8) is 0 Å². The standard InChI is InChI=1S/C21H10F3N2Te.C13H24O2.Ir/c22-21(23,24)18-14-7-3-1-5-12(14)9-15-19(25-11-26-20(15)18)17-10-13-6-2-4-8-16(13)27-17;1-5-10(6-2)12(14)9-13(15)11(7-3)8-4;/h1-9,11H;9-11,14H,5-8H2,1-4H3;/q-1;;/b;12-9-;/i1D,2D,3D,4D,5D,6D,7D,8D,11D;;. The van der Waals surface area contributed by atoms with Crippen molar-refractivity contribution in [3.05, 3.63) is 84.2 Å². The molecule has 0 aliphatic heterocycles. The Labute approximate surface area is 286 Å². The van der Waals surface area contributed by atoms with Crippen LogP contribution < -0.4 is 0 Å². The molecular weight excluding hydrogens is 845 g/mol. The van der Waals surface area contributed by atoms with Crippen molar-refractivity contribution < 1.29 is 55.5 Å². The summed E-state index contributed by atoms with van der Waals surface area (Å²) in [6.45, 7) is 8.07. The van der Waals surface area contributed by atoms with Crippen molar-refractivity contribution in [2.24, 2.45) is 11.8 Å². The number of allylic oxidation sites excluding steroid dienone is 2. The zero-order valence-corrected chi connectivity index (χ0v) is 28.5. The predicted octanol–water partition coefficient (Wildman–Crippen LogP) is 9.35. The summed E-state index contributed by atoms with van der Waals surface area (Å²) in [5.41, 5.74) is -2.26. The molecule has 1 N–H and O–H groups in total. The number of fused-ring (bicyclic) bond motifs is 3. The number of benzene rings is 3. The number of carbonyl (C=O) groups is 1. The molecule has 3 aromatic carbocycles. The van der Waals surface area contributed by atoms with Gasteiger partial charge in [0.2, 0.25) is 0 Å². The Kier molecular flexibility index (Phi) is 8.53. The van der Waals surface area contributed by atoms with Gasteiger partial charge in [-0.15, -0.1) is 0 Å². The van der Waals surface area contributed by atoms with Crippen LogP contribution in [0.1, 0.15) is 71.3 Å². The molecule has 4 nitrogen and oxygen atoms in total. The number of aliphatic hydroxyl groups is 1. The third kappa shape index (κ3) is 7.94. The van der Waals surface area contributed by atoms with E-state index in [2.05, 4.69) is 16.0 Å². The van der Waals surface area contributed by atoms with Gasteiger partial charge in [-0.25, -0.2) is 0 Å². The molecule has 229 valence electrons. The van der Waals surface area contributed by atoms with Gasteiger partial charge in [-0.05, 0) is 25.7 Å². The van der Waals surface area contributed by atoms with Crippen molar-refractivity contribution in [1.29, 1.82) is 0 Å². The van der Waals surface area contributed by atoms with Crippen LogP contribution in [0, 0.1) is 17.9 Å². The Morgan fingerprint density at radius 3 is 2.26 bits per heavy atom. The average molecular weight is 889 g/mol. The summed E-state index contributed by atoms with van der Waals surface area (Å²) in [4.78, 5) is 19.4. The Bertz CT molecular complexity index is 2160. The Hall–Kier alpha value is -2.56. The number of ketones is 1. The molecule has 0 amide bonds.